The maximum absolute atomic E-state index is 13.5. The Hall–Kier alpha value is -1.64. The summed E-state index contributed by atoms with van der Waals surface area (Å²) in [5.74, 6) is -12.0. The lowest BCUT2D eigenvalue weighted by atomic mass is 9.96. The van der Waals surface area contributed by atoms with Crippen LogP contribution in [0.3, 0.4) is 0 Å². The number of ether oxygens (including phenoxy) is 1. The van der Waals surface area contributed by atoms with Crippen LogP contribution in [0.15, 0.2) is 24.3 Å². The van der Waals surface area contributed by atoms with Gasteiger partial charge in [0.1, 0.15) is 0 Å². The standard InChI is InChI=1S/C14H13F7O2/c1-8(22)9-4-3-5-10(6-9)11(23-2)7-12(15,16)13(17,18)14(19,20)21/h3-6,11H,7H2,1-2H3. The third-order valence-electron chi connectivity index (χ3n) is 3.21. The number of methoxy groups -OCH3 is 1. The lowest BCUT2D eigenvalue weighted by molar-refractivity contribution is -0.358. The van der Waals surface area contributed by atoms with E-state index in [9.17, 15) is 35.5 Å². The van der Waals surface area contributed by atoms with E-state index in [1.165, 1.54) is 25.1 Å². The summed E-state index contributed by atoms with van der Waals surface area (Å²) in [6, 6.07) is 4.94. The molecule has 0 saturated heterocycles. The molecule has 1 aromatic carbocycles. The molecular formula is C14H13F7O2. The molecule has 0 spiro atoms. The Kier molecular flexibility index (Phi) is 5.45. The summed E-state index contributed by atoms with van der Waals surface area (Å²) < 4.78 is 93.9. The highest BCUT2D eigenvalue weighted by atomic mass is 19.4. The minimum absolute atomic E-state index is 0.0930. The van der Waals surface area contributed by atoms with Gasteiger partial charge in [-0.05, 0) is 18.6 Å². The van der Waals surface area contributed by atoms with Gasteiger partial charge in [-0.3, -0.25) is 4.79 Å². The Bertz CT molecular complexity index is 566. The van der Waals surface area contributed by atoms with Crippen LogP contribution in [0.4, 0.5) is 30.7 Å². The van der Waals surface area contributed by atoms with Crippen LogP contribution in [0, 0.1) is 0 Å². The first-order chi connectivity index (χ1) is 10.3. The van der Waals surface area contributed by atoms with Crippen LogP contribution in [0.2, 0.25) is 0 Å². The smallest absolute Gasteiger partial charge is 0.377 e. The average Bonchev–Trinajstić information content (AvgIpc) is 2.43. The minimum atomic E-state index is -6.39. The van der Waals surface area contributed by atoms with Gasteiger partial charge in [0.25, 0.3) is 0 Å². The van der Waals surface area contributed by atoms with E-state index in [1.807, 2.05) is 0 Å². The summed E-state index contributed by atoms with van der Waals surface area (Å²) in [6.45, 7) is 1.19. The normalized spacial score (nSPS) is 14.7. The van der Waals surface area contributed by atoms with E-state index in [0.717, 1.165) is 13.2 Å². The number of hydrogen-bond donors (Lipinski definition) is 0. The van der Waals surface area contributed by atoms with Crippen LogP contribution in [-0.4, -0.2) is 30.9 Å². The molecule has 2 nitrogen and oxygen atoms in total. The highest BCUT2D eigenvalue weighted by Gasteiger charge is 2.73. The molecule has 0 fully saturated rings. The van der Waals surface area contributed by atoms with Crippen LogP contribution in [-0.2, 0) is 4.74 Å². The van der Waals surface area contributed by atoms with Crippen molar-refractivity contribution in [2.75, 3.05) is 7.11 Å². The molecule has 0 amide bonds. The number of carbonyl (C=O) groups excluding carboxylic acids is 1. The first-order valence-electron chi connectivity index (χ1n) is 6.29. The van der Waals surface area contributed by atoms with Gasteiger partial charge >= 0.3 is 18.0 Å². The number of rotatable bonds is 6. The summed E-state index contributed by atoms with van der Waals surface area (Å²) in [4.78, 5) is 11.2. The fourth-order valence-corrected chi connectivity index (χ4v) is 1.86. The average molecular weight is 346 g/mol. The van der Waals surface area contributed by atoms with Crippen molar-refractivity contribution < 1.29 is 40.3 Å². The number of carbonyl (C=O) groups is 1. The molecule has 130 valence electrons. The van der Waals surface area contributed by atoms with E-state index in [2.05, 4.69) is 4.74 Å². The van der Waals surface area contributed by atoms with Crippen LogP contribution in [0.5, 0.6) is 0 Å². The minimum Gasteiger partial charge on any atom is -0.377 e. The topological polar surface area (TPSA) is 26.3 Å². The quantitative estimate of drug-likeness (QED) is 0.546. The molecule has 1 aromatic rings. The largest absolute Gasteiger partial charge is 0.459 e. The van der Waals surface area contributed by atoms with Gasteiger partial charge in [-0.25, -0.2) is 0 Å². The summed E-state index contributed by atoms with van der Waals surface area (Å²) in [6.07, 6.45) is -10.0. The molecule has 0 radical (unpaired) electrons. The molecule has 1 atom stereocenters. The van der Waals surface area contributed by atoms with Crippen molar-refractivity contribution in [3.8, 4) is 0 Å². The van der Waals surface area contributed by atoms with Gasteiger partial charge in [0.05, 0.1) is 6.10 Å². The highest BCUT2D eigenvalue weighted by Crippen LogP contribution is 2.50. The maximum Gasteiger partial charge on any atom is 0.459 e. The first kappa shape index (κ1) is 19.4. The van der Waals surface area contributed by atoms with Crippen molar-refractivity contribution in [2.24, 2.45) is 0 Å². The Morgan fingerprint density at radius 1 is 1.13 bits per heavy atom. The van der Waals surface area contributed by atoms with E-state index in [1.54, 1.807) is 0 Å². The molecule has 0 bridgehead atoms. The van der Waals surface area contributed by atoms with Crippen LogP contribution < -0.4 is 0 Å². The van der Waals surface area contributed by atoms with Crippen molar-refractivity contribution >= 4 is 5.78 Å². The second-order valence-corrected chi connectivity index (χ2v) is 4.89. The van der Waals surface area contributed by atoms with Crippen LogP contribution in [0.25, 0.3) is 0 Å². The van der Waals surface area contributed by atoms with Gasteiger partial charge in [-0.1, -0.05) is 18.2 Å². The number of halogens is 7. The number of ketones is 1. The lowest BCUT2D eigenvalue weighted by Crippen LogP contribution is -2.52. The van der Waals surface area contributed by atoms with Crippen molar-refractivity contribution in [3.63, 3.8) is 0 Å². The van der Waals surface area contributed by atoms with E-state index >= 15 is 0 Å². The summed E-state index contributed by atoms with van der Waals surface area (Å²) in [7, 11) is 0.896. The molecule has 9 heteroatoms. The van der Waals surface area contributed by atoms with Gasteiger partial charge in [-0.2, -0.15) is 30.7 Å². The molecule has 0 aliphatic carbocycles. The Balaban J connectivity index is 3.13. The zero-order valence-electron chi connectivity index (χ0n) is 12.1. The molecule has 1 unspecified atom stereocenters. The summed E-state index contributed by atoms with van der Waals surface area (Å²) >= 11 is 0. The number of benzene rings is 1. The molecule has 0 aromatic heterocycles. The zero-order valence-corrected chi connectivity index (χ0v) is 12.1. The van der Waals surface area contributed by atoms with E-state index in [-0.39, 0.29) is 11.1 Å². The maximum atomic E-state index is 13.5. The van der Waals surface area contributed by atoms with Gasteiger partial charge < -0.3 is 4.74 Å². The first-order valence-corrected chi connectivity index (χ1v) is 6.29. The van der Waals surface area contributed by atoms with Gasteiger partial charge in [0.2, 0.25) is 0 Å². The summed E-state index contributed by atoms with van der Waals surface area (Å²) in [5, 5.41) is 0. The molecule has 23 heavy (non-hydrogen) atoms. The Morgan fingerprint density at radius 3 is 2.13 bits per heavy atom. The second kappa shape index (κ2) is 6.46. The molecular weight excluding hydrogens is 333 g/mol. The van der Waals surface area contributed by atoms with Crippen molar-refractivity contribution in [1.29, 1.82) is 0 Å². The number of hydrogen-bond acceptors (Lipinski definition) is 2. The van der Waals surface area contributed by atoms with Crippen molar-refractivity contribution in [1.82, 2.24) is 0 Å². The third-order valence-corrected chi connectivity index (χ3v) is 3.21. The Morgan fingerprint density at radius 2 is 1.70 bits per heavy atom. The third kappa shape index (κ3) is 4.01. The van der Waals surface area contributed by atoms with Crippen LogP contribution >= 0.6 is 0 Å². The molecule has 0 aliphatic rings. The van der Waals surface area contributed by atoms with Gasteiger partial charge in [0.15, 0.2) is 5.78 Å². The fourth-order valence-electron chi connectivity index (χ4n) is 1.86. The molecule has 0 saturated carbocycles. The zero-order chi connectivity index (χ0) is 18.1. The van der Waals surface area contributed by atoms with Crippen molar-refractivity contribution in [2.45, 2.75) is 37.5 Å². The fraction of sp³-hybridized carbons (Fsp3) is 0.500. The monoisotopic (exact) mass is 346 g/mol. The molecule has 0 heterocycles. The Labute approximate surface area is 127 Å². The van der Waals surface area contributed by atoms with Crippen LogP contribution in [0.1, 0.15) is 35.4 Å². The predicted molar refractivity (Wildman–Crippen MR) is 66.8 cm³/mol. The molecule has 0 aliphatic heterocycles. The van der Waals surface area contributed by atoms with E-state index in [0.29, 0.717) is 0 Å². The number of alkyl halides is 7. The van der Waals surface area contributed by atoms with Gasteiger partial charge in [-0.15, -0.1) is 0 Å². The van der Waals surface area contributed by atoms with E-state index < -0.39 is 36.3 Å². The highest BCUT2D eigenvalue weighted by molar-refractivity contribution is 5.94. The SMILES string of the molecule is COC(CC(F)(F)C(F)(F)C(F)(F)F)c1cccc(C(C)=O)c1. The van der Waals surface area contributed by atoms with Crippen molar-refractivity contribution in [3.05, 3.63) is 35.4 Å². The lowest BCUT2D eigenvalue weighted by Gasteiger charge is -2.30. The van der Waals surface area contributed by atoms with E-state index in [4.69, 9.17) is 0 Å². The molecule has 1 rings (SSSR count). The second-order valence-electron chi connectivity index (χ2n) is 4.89. The number of Topliss-reactive ketones (excluding diaryl/α,β-unsaturated/α-hetero) is 1. The van der Waals surface area contributed by atoms with Gasteiger partial charge in [0, 0.05) is 19.1 Å². The molecule has 0 N–H and O–H groups in total. The predicted octanol–water partition coefficient (Wildman–Crippen LogP) is 4.80. The summed E-state index contributed by atoms with van der Waals surface area (Å²) in [5.41, 5.74) is -0.00621.